The molecule has 0 aromatic heterocycles. The molecule has 0 aliphatic carbocycles. The number of rotatable bonds is 3. The Labute approximate surface area is 115 Å². The fraction of sp³-hybridized carbons (Fsp3) is 0.0769. The summed E-state index contributed by atoms with van der Waals surface area (Å²) in [5, 5.41) is 1.34. The molecular formula is C13H10Cl2OS. The Morgan fingerprint density at radius 3 is 2.41 bits per heavy atom. The summed E-state index contributed by atoms with van der Waals surface area (Å²) in [5.41, 5.74) is 0. The van der Waals surface area contributed by atoms with Crippen LogP contribution in [0.4, 0.5) is 0 Å². The van der Waals surface area contributed by atoms with E-state index < -0.39 is 0 Å². The van der Waals surface area contributed by atoms with Gasteiger partial charge in [0.1, 0.15) is 5.75 Å². The normalized spacial score (nSPS) is 10.3. The molecule has 0 atom stereocenters. The minimum Gasteiger partial charge on any atom is -0.495 e. The van der Waals surface area contributed by atoms with Crippen LogP contribution in [-0.2, 0) is 0 Å². The van der Waals surface area contributed by atoms with E-state index >= 15 is 0 Å². The third-order valence-corrected chi connectivity index (χ3v) is 3.66. The standard InChI is InChI=1S/C13H10Cl2OS/c1-16-13-6-5-11(8-12(13)15)17-10-4-2-3-9(14)7-10/h2-8H,1H3. The van der Waals surface area contributed by atoms with Crippen molar-refractivity contribution in [2.75, 3.05) is 7.11 Å². The third kappa shape index (κ3) is 3.32. The zero-order valence-corrected chi connectivity index (χ0v) is 11.4. The molecule has 0 unspecified atom stereocenters. The molecule has 0 aliphatic rings. The van der Waals surface area contributed by atoms with Crippen LogP contribution in [-0.4, -0.2) is 7.11 Å². The van der Waals surface area contributed by atoms with Crippen molar-refractivity contribution in [3.63, 3.8) is 0 Å². The first-order chi connectivity index (χ1) is 8.19. The van der Waals surface area contributed by atoms with Crippen molar-refractivity contribution in [2.24, 2.45) is 0 Å². The van der Waals surface area contributed by atoms with E-state index in [1.165, 1.54) is 0 Å². The molecule has 1 nitrogen and oxygen atoms in total. The van der Waals surface area contributed by atoms with Gasteiger partial charge in [-0.2, -0.15) is 0 Å². The van der Waals surface area contributed by atoms with E-state index in [2.05, 4.69) is 0 Å². The molecule has 0 fully saturated rings. The molecule has 4 heteroatoms. The maximum Gasteiger partial charge on any atom is 0.137 e. The highest BCUT2D eigenvalue weighted by Gasteiger charge is 2.03. The van der Waals surface area contributed by atoms with Gasteiger partial charge in [-0.3, -0.25) is 0 Å². The topological polar surface area (TPSA) is 9.23 Å². The summed E-state index contributed by atoms with van der Waals surface area (Å²) in [6.45, 7) is 0. The summed E-state index contributed by atoms with van der Waals surface area (Å²) in [7, 11) is 1.60. The lowest BCUT2D eigenvalue weighted by Gasteiger charge is -2.06. The highest BCUT2D eigenvalue weighted by molar-refractivity contribution is 7.99. The van der Waals surface area contributed by atoms with E-state index in [-0.39, 0.29) is 0 Å². The van der Waals surface area contributed by atoms with E-state index in [4.69, 9.17) is 27.9 Å². The van der Waals surface area contributed by atoms with Crippen molar-refractivity contribution in [1.82, 2.24) is 0 Å². The molecule has 0 N–H and O–H groups in total. The van der Waals surface area contributed by atoms with Gasteiger partial charge in [0.2, 0.25) is 0 Å². The van der Waals surface area contributed by atoms with Crippen LogP contribution in [0.15, 0.2) is 52.3 Å². The van der Waals surface area contributed by atoms with E-state index in [0.717, 1.165) is 14.8 Å². The van der Waals surface area contributed by atoms with E-state index in [1.807, 2.05) is 42.5 Å². The summed E-state index contributed by atoms with van der Waals surface area (Å²) in [4.78, 5) is 2.14. The molecule has 2 aromatic rings. The molecule has 0 amide bonds. The van der Waals surface area contributed by atoms with Gasteiger partial charge in [0.05, 0.1) is 12.1 Å². The van der Waals surface area contributed by atoms with E-state index in [9.17, 15) is 0 Å². The largest absolute Gasteiger partial charge is 0.495 e. The summed E-state index contributed by atoms with van der Waals surface area (Å²) in [6, 6.07) is 13.4. The van der Waals surface area contributed by atoms with Crippen molar-refractivity contribution in [2.45, 2.75) is 9.79 Å². The smallest absolute Gasteiger partial charge is 0.137 e. The Hall–Kier alpha value is -0.830. The maximum atomic E-state index is 6.06. The number of halogens is 2. The second-order valence-corrected chi connectivity index (χ2v) is 5.35. The van der Waals surface area contributed by atoms with E-state index in [0.29, 0.717) is 10.8 Å². The number of benzene rings is 2. The zero-order chi connectivity index (χ0) is 12.3. The molecule has 0 aliphatic heterocycles. The summed E-state index contributed by atoms with van der Waals surface area (Å²) < 4.78 is 5.11. The monoisotopic (exact) mass is 284 g/mol. The second-order valence-electron chi connectivity index (χ2n) is 3.36. The average Bonchev–Trinajstić information content (AvgIpc) is 2.29. The SMILES string of the molecule is COc1ccc(Sc2cccc(Cl)c2)cc1Cl. The van der Waals surface area contributed by atoms with Crippen LogP contribution >= 0.6 is 35.0 Å². The first-order valence-corrected chi connectivity index (χ1v) is 6.53. The van der Waals surface area contributed by atoms with Crippen molar-refractivity contribution >= 4 is 35.0 Å². The Bertz CT molecular complexity index is 529. The molecule has 0 saturated carbocycles. The summed E-state index contributed by atoms with van der Waals surface area (Å²) in [5.74, 6) is 0.683. The van der Waals surface area contributed by atoms with Gasteiger partial charge < -0.3 is 4.74 Å². The highest BCUT2D eigenvalue weighted by Crippen LogP contribution is 2.34. The first kappa shape index (κ1) is 12.6. The van der Waals surface area contributed by atoms with Crippen LogP contribution in [0.2, 0.25) is 10.0 Å². The molecule has 0 bridgehead atoms. The quantitative estimate of drug-likeness (QED) is 0.771. The van der Waals surface area contributed by atoms with Crippen molar-refractivity contribution in [3.05, 3.63) is 52.5 Å². The van der Waals surface area contributed by atoms with Crippen LogP contribution < -0.4 is 4.74 Å². The Kier molecular flexibility index (Phi) is 4.21. The Morgan fingerprint density at radius 2 is 1.76 bits per heavy atom. The predicted octanol–water partition coefficient (Wildman–Crippen LogP) is 5.15. The van der Waals surface area contributed by atoms with Gasteiger partial charge in [-0.25, -0.2) is 0 Å². The Balaban J connectivity index is 2.22. The van der Waals surface area contributed by atoms with Gasteiger partial charge in [-0.1, -0.05) is 41.0 Å². The minimum absolute atomic E-state index is 0.611. The molecule has 0 saturated heterocycles. The Morgan fingerprint density at radius 1 is 1.00 bits per heavy atom. The molecule has 0 heterocycles. The fourth-order valence-corrected chi connectivity index (χ4v) is 2.87. The van der Waals surface area contributed by atoms with Gasteiger partial charge in [0.25, 0.3) is 0 Å². The molecule has 17 heavy (non-hydrogen) atoms. The fourth-order valence-electron chi connectivity index (χ4n) is 1.38. The lowest BCUT2D eigenvalue weighted by atomic mass is 10.3. The molecule has 0 radical (unpaired) electrons. The van der Waals surface area contributed by atoms with Gasteiger partial charge >= 0.3 is 0 Å². The van der Waals surface area contributed by atoms with Gasteiger partial charge in [0, 0.05) is 14.8 Å². The van der Waals surface area contributed by atoms with Crippen LogP contribution in [0.1, 0.15) is 0 Å². The van der Waals surface area contributed by atoms with E-state index in [1.54, 1.807) is 18.9 Å². The minimum atomic E-state index is 0.611. The molecule has 2 rings (SSSR count). The average molecular weight is 285 g/mol. The third-order valence-electron chi connectivity index (χ3n) is 2.16. The molecule has 0 spiro atoms. The van der Waals surface area contributed by atoms with Crippen molar-refractivity contribution in [3.8, 4) is 5.75 Å². The molecule has 88 valence electrons. The predicted molar refractivity (Wildman–Crippen MR) is 73.6 cm³/mol. The molecular weight excluding hydrogens is 275 g/mol. The van der Waals surface area contributed by atoms with Gasteiger partial charge in [-0.15, -0.1) is 0 Å². The summed E-state index contributed by atoms with van der Waals surface area (Å²) in [6.07, 6.45) is 0. The number of ether oxygens (including phenoxy) is 1. The van der Waals surface area contributed by atoms with Gasteiger partial charge in [0.15, 0.2) is 0 Å². The van der Waals surface area contributed by atoms with Gasteiger partial charge in [-0.05, 0) is 36.4 Å². The van der Waals surface area contributed by atoms with Crippen LogP contribution in [0, 0.1) is 0 Å². The lowest BCUT2D eigenvalue weighted by Crippen LogP contribution is -1.83. The van der Waals surface area contributed by atoms with Crippen LogP contribution in [0.3, 0.4) is 0 Å². The second kappa shape index (κ2) is 5.67. The summed E-state index contributed by atoms with van der Waals surface area (Å²) >= 11 is 13.6. The van der Waals surface area contributed by atoms with Crippen molar-refractivity contribution < 1.29 is 4.74 Å². The lowest BCUT2D eigenvalue weighted by molar-refractivity contribution is 0.414. The number of hydrogen-bond donors (Lipinski definition) is 0. The molecule has 2 aromatic carbocycles. The zero-order valence-electron chi connectivity index (χ0n) is 9.11. The first-order valence-electron chi connectivity index (χ1n) is 4.96. The van der Waals surface area contributed by atoms with Crippen LogP contribution in [0.5, 0.6) is 5.75 Å². The highest BCUT2D eigenvalue weighted by atomic mass is 35.5. The maximum absolute atomic E-state index is 6.06. The number of hydrogen-bond acceptors (Lipinski definition) is 2. The van der Waals surface area contributed by atoms with Crippen molar-refractivity contribution in [1.29, 1.82) is 0 Å². The number of methoxy groups -OCH3 is 1. The van der Waals surface area contributed by atoms with Crippen LogP contribution in [0.25, 0.3) is 0 Å².